The number of amides is 1. The number of hydrogen-bond acceptors (Lipinski definition) is 3. The van der Waals surface area contributed by atoms with E-state index < -0.39 is 0 Å². The van der Waals surface area contributed by atoms with Crippen molar-refractivity contribution in [2.24, 2.45) is 5.41 Å². The summed E-state index contributed by atoms with van der Waals surface area (Å²) in [4.78, 5) is 28.2. The molecule has 26 heavy (non-hydrogen) atoms. The van der Waals surface area contributed by atoms with Gasteiger partial charge in [-0.15, -0.1) is 0 Å². The summed E-state index contributed by atoms with van der Waals surface area (Å²) in [5.41, 5.74) is 4.95. The molecule has 1 aliphatic carbocycles. The number of para-hydroxylation sites is 2. The molecule has 5 rings (SSSR count). The van der Waals surface area contributed by atoms with Crippen LogP contribution in [-0.2, 0) is 4.79 Å². The van der Waals surface area contributed by atoms with Gasteiger partial charge in [-0.3, -0.25) is 14.5 Å². The molecule has 1 atom stereocenters. The highest BCUT2D eigenvalue weighted by molar-refractivity contribution is 6.16. The molecule has 2 aliphatic heterocycles. The van der Waals surface area contributed by atoms with Gasteiger partial charge < -0.3 is 5.32 Å². The summed E-state index contributed by atoms with van der Waals surface area (Å²) in [6.07, 6.45) is 1.30. The highest BCUT2D eigenvalue weighted by Gasteiger charge is 2.47. The van der Waals surface area contributed by atoms with E-state index in [1.54, 1.807) is 4.90 Å². The van der Waals surface area contributed by atoms with Crippen LogP contribution in [0.3, 0.4) is 0 Å². The lowest BCUT2D eigenvalue weighted by Gasteiger charge is -2.34. The Morgan fingerprint density at radius 1 is 1.00 bits per heavy atom. The smallest absolute Gasteiger partial charge is 0.259 e. The van der Waals surface area contributed by atoms with Crippen molar-refractivity contribution in [2.75, 3.05) is 10.2 Å². The number of anilines is 2. The Labute approximate surface area is 152 Å². The van der Waals surface area contributed by atoms with Gasteiger partial charge in [0, 0.05) is 23.3 Å². The molecule has 0 saturated heterocycles. The summed E-state index contributed by atoms with van der Waals surface area (Å²) in [5, 5.41) is 3.49. The van der Waals surface area contributed by atoms with Gasteiger partial charge in [-0.05, 0) is 35.6 Å². The zero-order chi connectivity index (χ0) is 18.1. The number of fused-ring (bicyclic) bond motifs is 6. The van der Waals surface area contributed by atoms with E-state index in [0.29, 0.717) is 12.0 Å². The minimum atomic E-state index is -0.339. The quantitative estimate of drug-likeness (QED) is 0.768. The number of nitrogens with one attached hydrogen (secondary N) is 1. The predicted octanol–water partition coefficient (Wildman–Crippen LogP) is 4.46. The molecule has 0 fully saturated rings. The zero-order valence-corrected chi connectivity index (χ0v) is 14.9. The van der Waals surface area contributed by atoms with Crippen LogP contribution in [0.5, 0.6) is 0 Å². The van der Waals surface area contributed by atoms with Crippen molar-refractivity contribution in [2.45, 2.75) is 32.7 Å². The van der Waals surface area contributed by atoms with Crippen LogP contribution in [0.4, 0.5) is 11.4 Å². The van der Waals surface area contributed by atoms with Crippen LogP contribution < -0.4 is 10.2 Å². The van der Waals surface area contributed by atoms with Gasteiger partial charge >= 0.3 is 0 Å². The Balaban J connectivity index is 1.82. The summed E-state index contributed by atoms with van der Waals surface area (Å²) in [7, 11) is 0. The number of hydrogen-bond donors (Lipinski definition) is 1. The molecule has 2 aromatic carbocycles. The van der Waals surface area contributed by atoms with Crippen LogP contribution in [0, 0.1) is 5.41 Å². The number of rotatable bonds is 0. The first kappa shape index (κ1) is 15.4. The first-order chi connectivity index (χ1) is 12.5. The van der Waals surface area contributed by atoms with Crippen molar-refractivity contribution in [3.63, 3.8) is 0 Å². The average Bonchev–Trinajstić information content (AvgIpc) is 2.79. The van der Waals surface area contributed by atoms with Crippen molar-refractivity contribution in [1.82, 2.24) is 0 Å². The Morgan fingerprint density at radius 3 is 2.58 bits per heavy atom. The SMILES string of the molecule is CC1(C)CC(=O)C2=C(C1)Nc1ccccc1N1C(=O)c3ccccc3[C@@H]21. The standard InChI is InChI=1S/C22H20N2O2/c1-22(2)11-16-19(18(25)12-22)20-13-7-3-4-8-14(13)21(26)24(20)17-10-6-5-9-15(17)23-16/h3-10,20,23H,11-12H2,1-2H3/t20-/m0/s1. The second-order valence-electron chi connectivity index (χ2n) is 8.14. The van der Waals surface area contributed by atoms with Gasteiger partial charge in [0.05, 0.1) is 17.4 Å². The Bertz CT molecular complexity index is 1000. The number of benzene rings is 2. The first-order valence-corrected chi connectivity index (χ1v) is 9.01. The van der Waals surface area contributed by atoms with E-state index in [9.17, 15) is 9.59 Å². The molecular weight excluding hydrogens is 324 g/mol. The molecule has 1 N–H and O–H groups in total. The number of allylic oxidation sites excluding steroid dienone is 1. The average molecular weight is 344 g/mol. The van der Waals surface area contributed by atoms with Crippen LogP contribution in [0.25, 0.3) is 0 Å². The monoisotopic (exact) mass is 344 g/mol. The van der Waals surface area contributed by atoms with Gasteiger partial charge in [-0.25, -0.2) is 0 Å². The van der Waals surface area contributed by atoms with E-state index >= 15 is 0 Å². The Morgan fingerprint density at radius 2 is 1.73 bits per heavy atom. The predicted molar refractivity (Wildman–Crippen MR) is 101 cm³/mol. The van der Waals surface area contributed by atoms with Gasteiger partial charge in [0.15, 0.2) is 5.78 Å². The Hall–Kier alpha value is -2.88. The number of carbonyl (C=O) groups excluding carboxylic acids is 2. The lowest BCUT2D eigenvalue weighted by atomic mass is 9.73. The van der Waals surface area contributed by atoms with E-state index in [2.05, 4.69) is 19.2 Å². The van der Waals surface area contributed by atoms with Crippen LogP contribution in [0.15, 0.2) is 59.8 Å². The van der Waals surface area contributed by atoms with E-state index in [1.165, 1.54) is 0 Å². The highest BCUT2D eigenvalue weighted by atomic mass is 16.2. The third kappa shape index (κ3) is 2.02. The second-order valence-corrected chi connectivity index (χ2v) is 8.14. The maximum Gasteiger partial charge on any atom is 0.259 e. The van der Waals surface area contributed by atoms with Crippen molar-refractivity contribution in [3.05, 3.63) is 70.9 Å². The van der Waals surface area contributed by atoms with Gasteiger partial charge in [0.25, 0.3) is 5.91 Å². The largest absolute Gasteiger partial charge is 0.357 e. The summed E-state index contributed by atoms with van der Waals surface area (Å²) in [6.45, 7) is 4.25. The molecule has 0 bridgehead atoms. The molecule has 0 spiro atoms. The molecule has 0 aromatic heterocycles. The molecule has 2 heterocycles. The lowest BCUT2D eigenvalue weighted by molar-refractivity contribution is -0.118. The van der Waals surface area contributed by atoms with Crippen molar-refractivity contribution < 1.29 is 9.59 Å². The molecule has 0 unspecified atom stereocenters. The fraction of sp³-hybridized carbons (Fsp3) is 0.273. The van der Waals surface area contributed by atoms with Crippen LogP contribution in [-0.4, -0.2) is 11.7 Å². The summed E-state index contributed by atoms with van der Waals surface area (Å²) < 4.78 is 0. The van der Waals surface area contributed by atoms with Gasteiger partial charge in [-0.2, -0.15) is 0 Å². The Kier molecular flexibility index (Phi) is 3.00. The topological polar surface area (TPSA) is 49.4 Å². The minimum Gasteiger partial charge on any atom is -0.357 e. The fourth-order valence-electron chi connectivity index (χ4n) is 4.56. The maximum atomic E-state index is 13.2. The zero-order valence-electron chi connectivity index (χ0n) is 14.9. The normalized spacial score (nSPS) is 22.8. The molecule has 2 aromatic rings. The van der Waals surface area contributed by atoms with Crippen LogP contribution in [0.1, 0.15) is 48.7 Å². The van der Waals surface area contributed by atoms with Crippen LogP contribution in [0.2, 0.25) is 0 Å². The van der Waals surface area contributed by atoms with Gasteiger partial charge in [0.2, 0.25) is 0 Å². The number of nitrogens with zero attached hydrogens (tertiary/aromatic N) is 1. The first-order valence-electron chi connectivity index (χ1n) is 9.01. The molecule has 0 radical (unpaired) electrons. The molecule has 3 aliphatic rings. The van der Waals surface area contributed by atoms with Crippen molar-refractivity contribution >= 4 is 23.1 Å². The molecule has 4 heteroatoms. The molecular formula is C22H20N2O2. The summed E-state index contributed by atoms with van der Waals surface area (Å²) >= 11 is 0. The van der Waals surface area contributed by atoms with E-state index in [-0.39, 0.29) is 23.1 Å². The second kappa shape index (κ2) is 5.07. The lowest BCUT2D eigenvalue weighted by Crippen LogP contribution is -2.34. The molecule has 0 saturated carbocycles. The fourth-order valence-corrected chi connectivity index (χ4v) is 4.56. The van der Waals surface area contributed by atoms with Crippen molar-refractivity contribution in [1.29, 1.82) is 0 Å². The molecule has 4 nitrogen and oxygen atoms in total. The highest BCUT2D eigenvalue weighted by Crippen LogP contribution is 2.51. The third-order valence-corrected chi connectivity index (χ3v) is 5.61. The number of Topliss-reactive ketones (excluding diaryl/α,β-unsaturated/α-hetero) is 1. The molecule has 1 amide bonds. The van der Waals surface area contributed by atoms with E-state index in [0.717, 1.165) is 34.6 Å². The minimum absolute atomic E-state index is 0.0359. The maximum absolute atomic E-state index is 13.2. The van der Waals surface area contributed by atoms with Gasteiger partial charge in [0.1, 0.15) is 0 Å². The molecule has 130 valence electrons. The van der Waals surface area contributed by atoms with Crippen LogP contribution >= 0.6 is 0 Å². The number of ketones is 1. The summed E-state index contributed by atoms with van der Waals surface area (Å²) in [6, 6.07) is 15.1. The summed E-state index contributed by atoms with van der Waals surface area (Å²) in [5.74, 6) is 0.0993. The van der Waals surface area contributed by atoms with Gasteiger partial charge in [-0.1, -0.05) is 44.2 Å². The number of carbonyl (C=O) groups is 2. The third-order valence-electron chi connectivity index (χ3n) is 5.61. The van der Waals surface area contributed by atoms with E-state index in [4.69, 9.17) is 0 Å². The van der Waals surface area contributed by atoms with E-state index in [1.807, 2.05) is 48.5 Å². The van der Waals surface area contributed by atoms with Crippen molar-refractivity contribution in [3.8, 4) is 0 Å².